The lowest BCUT2D eigenvalue weighted by molar-refractivity contribution is 0.356. The minimum atomic E-state index is 0.288. The van der Waals surface area contributed by atoms with Gasteiger partial charge in [-0.3, -0.25) is 0 Å². The standard InChI is InChI=1S/C22H27N3S2/c26-22(24-13-16-7-2-1-3-8-16)25-15-19(21-11-6-12-27-21)18-14-23-20-10-5-4-9-17(18)20/h4-6,9-12,14,16,19,23H,1-3,7-8,13,15H2,(H2,24,25,26). The number of aromatic amines is 1. The van der Waals surface area contributed by atoms with Crippen LogP contribution < -0.4 is 10.6 Å². The normalized spacial score (nSPS) is 16.3. The highest BCUT2D eigenvalue weighted by Gasteiger charge is 2.20. The van der Waals surface area contributed by atoms with Gasteiger partial charge in [0.2, 0.25) is 0 Å². The van der Waals surface area contributed by atoms with Crippen molar-refractivity contribution in [2.75, 3.05) is 13.1 Å². The fourth-order valence-corrected chi connectivity index (χ4v) is 5.13. The number of thiophene rings is 1. The summed E-state index contributed by atoms with van der Waals surface area (Å²) in [5, 5.41) is 11.1. The van der Waals surface area contributed by atoms with Gasteiger partial charge in [-0.05, 0) is 54.1 Å². The van der Waals surface area contributed by atoms with Gasteiger partial charge in [-0.25, -0.2) is 0 Å². The van der Waals surface area contributed by atoms with Gasteiger partial charge >= 0.3 is 0 Å². The maximum absolute atomic E-state index is 5.57. The van der Waals surface area contributed by atoms with Crippen molar-refractivity contribution >= 4 is 39.6 Å². The van der Waals surface area contributed by atoms with Crippen molar-refractivity contribution in [3.63, 3.8) is 0 Å². The number of hydrogen-bond donors (Lipinski definition) is 3. The number of aromatic nitrogens is 1. The number of benzene rings is 1. The van der Waals surface area contributed by atoms with Gasteiger partial charge in [0.25, 0.3) is 0 Å². The average molecular weight is 398 g/mol. The zero-order chi connectivity index (χ0) is 18.5. The quantitative estimate of drug-likeness (QED) is 0.487. The van der Waals surface area contributed by atoms with Crippen LogP contribution >= 0.6 is 23.6 Å². The van der Waals surface area contributed by atoms with E-state index < -0.39 is 0 Å². The van der Waals surface area contributed by atoms with E-state index in [0.29, 0.717) is 0 Å². The zero-order valence-electron chi connectivity index (χ0n) is 15.5. The fraction of sp³-hybridized carbons (Fsp3) is 0.409. The third kappa shape index (κ3) is 4.53. The second-order valence-corrected chi connectivity index (χ2v) is 8.84. The molecule has 5 heteroatoms. The molecule has 4 rings (SSSR count). The Balaban J connectivity index is 1.42. The Hall–Kier alpha value is -1.85. The Morgan fingerprint density at radius 3 is 2.78 bits per heavy atom. The highest BCUT2D eigenvalue weighted by molar-refractivity contribution is 7.80. The first-order valence-electron chi connectivity index (χ1n) is 9.92. The lowest BCUT2D eigenvalue weighted by Gasteiger charge is -2.23. The Bertz CT molecular complexity index is 863. The first-order valence-corrected chi connectivity index (χ1v) is 11.2. The molecule has 0 bridgehead atoms. The molecule has 0 radical (unpaired) electrons. The maximum atomic E-state index is 5.57. The lowest BCUT2D eigenvalue weighted by atomic mass is 9.89. The highest BCUT2D eigenvalue weighted by atomic mass is 32.1. The largest absolute Gasteiger partial charge is 0.362 e. The number of nitrogens with one attached hydrogen (secondary N) is 3. The molecule has 0 amide bonds. The average Bonchev–Trinajstić information content (AvgIpc) is 3.38. The van der Waals surface area contributed by atoms with Crippen molar-refractivity contribution in [3.8, 4) is 0 Å². The predicted molar refractivity (Wildman–Crippen MR) is 120 cm³/mol. The summed E-state index contributed by atoms with van der Waals surface area (Å²) in [5.41, 5.74) is 2.52. The summed E-state index contributed by atoms with van der Waals surface area (Å²) in [5.74, 6) is 1.07. The SMILES string of the molecule is S=C(NCC1CCCCC1)NCC(c1cccs1)c1c[nH]c2ccccc12. The fourth-order valence-electron chi connectivity index (χ4n) is 4.12. The van der Waals surface area contributed by atoms with Crippen LogP contribution in [0.2, 0.25) is 0 Å². The molecule has 0 aliphatic heterocycles. The van der Waals surface area contributed by atoms with E-state index in [-0.39, 0.29) is 5.92 Å². The minimum absolute atomic E-state index is 0.288. The van der Waals surface area contributed by atoms with Crippen LogP contribution in [-0.2, 0) is 0 Å². The molecule has 1 aliphatic rings. The van der Waals surface area contributed by atoms with E-state index >= 15 is 0 Å². The first-order chi connectivity index (χ1) is 13.3. The van der Waals surface area contributed by atoms with Crippen LogP contribution in [-0.4, -0.2) is 23.2 Å². The lowest BCUT2D eigenvalue weighted by Crippen LogP contribution is -2.40. The highest BCUT2D eigenvalue weighted by Crippen LogP contribution is 2.32. The van der Waals surface area contributed by atoms with Gasteiger partial charge in [-0.1, -0.05) is 43.5 Å². The summed E-state index contributed by atoms with van der Waals surface area (Å²) in [6, 6.07) is 12.9. The van der Waals surface area contributed by atoms with Crippen LogP contribution in [0.25, 0.3) is 10.9 Å². The van der Waals surface area contributed by atoms with E-state index in [0.717, 1.165) is 24.1 Å². The molecule has 3 N–H and O–H groups in total. The summed E-state index contributed by atoms with van der Waals surface area (Å²) in [6.07, 6.45) is 8.95. The summed E-state index contributed by atoms with van der Waals surface area (Å²) in [6.45, 7) is 1.81. The van der Waals surface area contributed by atoms with Crippen LogP contribution in [0.1, 0.15) is 48.5 Å². The molecule has 27 heavy (non-hydrogen) atoms. The Morgan fingerprint density at radius 2 is 1.96 bits per heavy atom. The number of H-pyrrole nitrogens is 1. The summed E-state index contributed by atoms with van der Waals surface area (Å²) in [7, 11) is 0. The molecule has 1 unspecified atom stereocenters. The van der Waals surface area contributed by atoms with Crippen LogP contribution in [0.15, 0.2) is 48.0 Å². The third-order valence-electron chi connectivity index (χ3n) is 5.63. The molecule has 3 aromatic rings. The Labute approximate surface area is 170 Å². The van der Waals surface area contributed by atoms with E-state index in [9.17, 15) is 0 Å². The second kappa shape index (κ2) is 8.89. The predicted octanol–water partition coefficient (Wildman–Crippen LogP) is 5.41. The molecule has 2 heterocycles. The molecule has 1 atom stereocenters. The van der Waals surface area contributed by atoms with Gasteiger partial charge < -0.3 is 15.6 Å². The molecule has 2 aromatic heterocycles. The van der Waals surface area contributed by atoms with Crippen molar-refractivity contribution in [1.82, 2.24) is 15.6 Å². The number of thiocarbonyl (C=S) groups is 1. The molecule has 142 valence electrons. The third-order valence-corrected chi connectivity index (χ3v) is 6.90. The molecular weight excluding hydrogens is 370 g/mol. The topological polar surface area (TPSA) is 39.8 Å². The van der Waals surface area contributed by atoms with Gasteiger partial charge in [0, 0.05) is 41.0 Å². The monoisotopic (exact) mass is 397 g/mol. The van der Waals surface area contributed by atoms with E-state index in [1.54, 1.807) is 0 Å². The van der Waals surface area contributed by atoms with Crippen LogP contribution in [0, 0.1) is 5.92 Å². The van der Waals surface area contributed by atoms with Crippen molar-refractivity contribution in [3.05, 3.63) is 58.4 Å². The van der Waals surface area contributed by atoms with Gasteiger partial charge in [0.05, 0.1) is 0 Å². The molecule has 3 nitrogen and oxygen atoms in total. The van der Waals surface area contributed by atoms with Crippen molar-refractivity contribution < 1.29 is 0 Å². The smallest absolute Gasteiger partial charge is 0.166 e. The molecule has 1 saturated carbocycles. The number of fused-ring (bicyclic) bond motifs is 1. The summed E-state index contributed by atoms with van der Waals surface area (Å²) in [4.78, 5) is 4.78. The van der Waals surface area contributed by atoms with E-state index in [4.69, 9.17) is 12.2 Å². The van der Waals surface area contributed by atoms with E-state index in [1.165, 1.54) is 53.4 Å². The van der Waals surface area contributed by atoms with Crippen molar-refractivity contribution in [1.29, 1.82) is 0 Å². The molecule has 1 fully saturated rings. The minimum Gasteiger partial charge on any atom is -0.362 e. The Morgan fingerprint density at radius 1 is 1.11 bits per heavy atom. The van der Waals surface area contributed by atoms with Crippen LogP contribution in [0.3, 0.4) is 0 Å². The van der Waals surface area contributed by atoms with Gasteiger partial charge in [0.15, 0.2) is 5.11 Å². The van der Waals surface area contributed by atoms with Gasteiger partial charge in [0.1, 0.15) is 0 Å². The number of para-hydroxylation sites is 1. The Kier molecular flexibility index (Phi) is 6.10. The van der Waals surface area contributed by atoms with Crippen LogP contribution in [0.4, 0.5) is 0 Å². The first kappa shape index (κ1) is 18.5. The second-order valence-electron chi connectivity index (χ2n) is 7.45. The summed E-state index contributed by atoms with van der Waals surface area (Å²) < 4.78 is 0. The zero-order valence-corrected chi connectivity index (χ0v) is 17.2. The van der Waals surface area contributed by atoms with E-state index in [2.05, 4.69) is 63.6 Å². The number of rotatable bonds is 6. The molecule has 0 spiro atoms. The van der Waals surface area contributed by atoms with E-state index in [1.807, 2.05) is 11.3 Å². The number of hydrogen-bond acceptors (Lipinski definition) is 2. The molecule has 1 aromatic carbocycles. The van der Waals surface area contributed by atoms with Crippen molar-refractivity contribution in [2.24, 2.45) is 5.92 Å². The van der Waals surface area contributed by atoms with Crippen molar-refractivity contribution in [2.45, 2.75) is 38.0 Å². The van der Waals surface area contributed by atoms with Gasteiger partial charge in [-0.2, -0.15) is 0 Å². The van der Waals surface area contributed by atoms with Gasteiger partial charge in [-0.15, -0.1) is 11.3 Å². The maximum Gasteiger partial charge on any atom is 0.166 e. The molecule has 1 aliphatic carbocycles. The van der Waals surface area contributed by atoms with Crippen LogP contribution in [0.5, 0.6) is 0 Å². The molecule has 0 saturated heterocycles. The molecular formula is C22H27N3S2. The summed E-state index contributed by atoms with van der Waals surface area (Å²) >= 11 is 7.38.